The van der Waals surface area contributed by atoms with Gasteiger partial charge in [0.1, 0.15) is 0 Å². The van der Waals surface area contributed by atoms with E-state index in [1.165, 1.54) is 116 Å². The molecule has 0 aliphatic rings. The molecular weight excluding hydrogens is 594 g/mol. The van der Waals surface area contributed by atoms with Crippen LogP contribution >= 0.6 is 0 Å². The van der Waals surface area contributed by atoms with Crippen molar-refractivity contribution in [3.05, 3.63) is 48.6 Å². The molecule has 3 unspecified atom stereocenters. The van der Waals surface area contributed by atoms with Crippen molar-refractivity contribution >= 4 is 5.91 Å². The number of carbonyl (C=O) groups excluding carboxylic acids is 1. The van der Waals surface area contributed by atoms with Gasteiger partial charge in [-0.15, -0.1) is 0 Å². The van der Waals surface area contributed by atoms with Crippen molar-refractivity contribution in [2.24, 2.45) is 0 Å². The summed E-state index contributed by atoms with van der Waals surface area (Å²) in [4.78, 5) is 12.4. The molecule has 0 radical (unpaired) electrons. The van der Waals surface area contributed by atoms with Crippen LogP contribution in [0.15, 0.2) is 48.6 Å². The van der Waals surface area contributed by atoms with E-state index in [0.717, 1.165) is 51.4 Å². The van der Waals surface area contributed by atoms with Crippen molar-refractivity contribution < 1.29 is 20.1 Å². The van der Waals surface area contributed by atoms with Crippen LogP contribution in [0.25, 0.3) is 0 Å². The highest BCUT2D eigenvalue weighted by Crippen LogP contribution is 2.13. The molecule has 0 saturated heterocycles. The van der Waals surface area contributed by atoms with Crippen molar-refractivity contribution in [1.29, 1.82) is 0 Å². The second kappa shape index (κ2) is 38.1. The summed E-state index contributed by atoms with van der Waals surface area (Å²) in [5, 5.41) is 33.1. The fraction of sp³-hybridized carbons (Fsp3) is 0.791. The number of aliphatic hydroxyl groups excluding tert-OH is 3. The monoisotopic (exact) mass is 674 g/mol. The van der Waals surface area contributed by atoms with E-state index in [0.29, 0.717) is 6.42 Å². The second-order valence-electron chi connectivity index (χ2n) is 13.9. The van der Waals surface area contributed by atoms with Crippen LogP contribution in [0.3, 0.4) is 0 Å². The van der Waals surface area contributed by atoms with Gasteiger partial charge in [-0.25, -0.2) is 0 Å². The molecule has 0 aliphatic carbocycles. The van der Waals surface area contributed by atoms with E-state index in [9.17, 15) is 20.1 Å². The normalized spacial score (nSPS) is 14.2. The van der Waals surface area contributed by atoms with Crippen LogP contribution in [-0.2, 0) is 4.79 Å². The molecule has 0 aliphatic heterocycles. The summed E-state index contributed by atoms with van der Waals surface area (Å²) in [6.45, 7) is 4.17. The maximum Gasteiger partial charge on any atom is 0.222 e. The molecule has 0 rings (SSSR count). The third-order valence-electron chi connectivity index (χ3n) is 9.07. The summed E-state index contributed by atoms with van der Waals surface area (Å²) < 4.78 is 0. The lowest BCUT2D eigenvalue weighted by Gasteiger charge is -2.20. The Morgan fingerprint density at radius 2 is 0.896 bits per heavy atom. The fourth-order valence-corrected chi connectivity index (χ4v) is 5.89. The van der Waals surface area contributed by atoms with Gasteiger partial charge < -0.3 is 20.6 Å². The Balaban J connectivity index is 3.81. The maximum absolute atomic E-state index is 12.4. The lowest BCUT2D eigenvalue weighted by atomic mass is 10.0. The van der Waals surface area contributed by atoms with E-state index in [1.807, 2.05) is 6.08 Å². The average molecular weight is 674 g/mol. The molecule has 5 heteroatoms. The summed E-state index contributed by atoms with van der Waals surface area (Å²) in [5.41, 5.74) is 0. The van der Waals surface area contributed by atoms with Crippen molar-refractivity contribution in [3.8, 4) is 0 Å². The first kappa shape index (κ1) is 46.3. The lowest BCUT2D eigenvalue weighted by molar-refractivity contribution is -0.124. The van der Waals surface area contributed by atoms with E-state index in [-0.39, 0.29) is 18.9 Å². The summed E-state index contributed by atoms with van der Waals surface area (Å²) in [7, 11) is 0. The van der Waals surface area contributed by atoms with Gasteiger partial charge in [0.2, 0.25) is 5.91 Å². The standard InChI is InChI=1S/C43H79NO4/c1-3-5-7-9-11-13-15-17-19-21-23-25-27-29-31-33-35-37-42(47)41(39-45)44-43(48)38-40(46)36-34-32-30-28-26-24-22-20-18-16-14-12-10-8-6-4-2/h19,21,24,26-27,29,35,37,40-42,45-47H,3-18,20,22-23,25,28,30-34,36,38-39H2,1-2H3,(H,44,48)/b21-19+,26-24-,29-27+,37-35+. The third-order valence-corrected chi connectivity index (χ3v) is 9.07. The van der Waals surface area contributed by atoms with Crippen molar-refractivity contribution in [2.75, 3.05) is 6.61 Å². The summed E-state index contributed by atoms with van der Waals surface area (Å²) >= 11 is 0. The zero-order valence-electron chi connectivity index (χ0n) is 31.6. The lowest BCUT2D eigenvalue weighted by Crippen LogP contribution is -2.45. The minimum atomic E-state index is -0.963. The minimum absolute atomic E-state index is 0.00924. The Hall–Kier alpha value is -1.69. The van der Waals surface area contributed by atoms with Crippen molar-refractivity contribution in [3.63, 3.8) is 0 Å². The molecule has 0 fully saturated rings. The van der Waals surface area contributed by atoms with Crippen LogP contribution in [0.1, 0.15) is 194 Å². The highest BCUT2D eigenvalue weighted by Gasteiger charge is 2.20. The van der Waals surface area contributed by atoms with Crippen LogP contribution < -0.4 is 5.32 Å². The topological polar surface area (TPSA) is 89.8 Å². The summed E-state index contributed by atoms with van der Waals surface area (Å²) in [5.74, 6) is -0.340. The van der Waals surface area contributed by atoms with Crippen LogP contribution in [0, 0.1) is 0 Å². The van der Waals surface area contributed by atoms with Crippen LogP contribution in [-0.4, -0.2) is 46.1 Å². The molecule has 0 aromatic heterocycles. The smallest absolute Gasteiger partial charge is 0.222 e. The van der Waals surface area contributed by atoms with Gasteiger partial charge in [0.25, 0.3) is 0 Å². The number of amides is 1. The number of allylic oxidation sites excluding steroid dienone is 7. The molecule has 4 N–H and O–H groups in total. The fourth-order valence-electron chi connectivity index (χ4n) is 5.89. The summed E-state index contributed by atoms with van der Waals surface area (Å²) in [6, 6.07) is -0.772. The van der Waals surface area contributed by atoms with Gasteiger partial charge in [0.05, 0.1) is 31.3 Å². The Bertz CT molecular complexity index is 790. The molecule has 0 saturated carbocycles. The van der Waals surface area contributed by atoms with E-state index in [4.69, 9.17) is 0 Å². The first-order chi connectivity index (χ1) is 23.5. The predicted molar refractivity (Wildman–Crippen MR) is 208 cm³/mol. The Kier molecular flexibility index (Phi) is 36.8. The molecule has 280 valence electrons. The van der Waals surface area contributed by atoms with Gasteiger partial charge >= 0.3 is 0 Å². The van der Waals surface area contributed by atoms with Gasteiger partial charge in [-0.1, -0.05) is 165 Å². The van der Waals surface area contributed by atoms with Crippen LogP contribution in [0.2, 0.25) is 0 Å². The first-order valence-electron chi connectivity index (χ1n) is 20.4. The number of rotatable bonds is 36. The molecule has 1 amide bonds. The molecular formula is C43H79NO4. The number of aliphatic hydroxyl groups is 3. The van der Waals surface area contributed by atoms with Gasteiger partial charge in [0.15, 0.2) is 0 Å². The SMILES string of the molecule is CCCCCCCCC/C=C/CC/C=C/CC/C=C/C(O)C(CO)NC(=O)CC(O)CCCCC/C=C\CCCCCCCCCCC. The van der Waals surface area contributed by atoms with Gasteiger partial charge in [-0.2, -0.15) is 0 Å². The first-order valence-corrected chi connectivity index (χ1v) is 20.4. The minimum Gasteiger partial charge on any atom is -0.394 e. The largest absolute Gasteiger partial charge is 0.394 e. The zero-order chi connectivity index (χ0) is 35.2. The van der Waals surface area contributed by atoms with Gasteiger partial charge in [-0.3, -0.25) is 4.79 Å². The van der Waals surface area contributed by atoms with E-state index in [1.54, 1.807) is 6.08 Å². The molecule has 0 spiro atoms. The number of nitrogens with one attached hydrogen (secondary N) is 1. The summed E-state index contributed by atoms with van der Waals surface area (Å²) in [6.07, 6.45) is 48.1. The average Bonchev–Trinajstić information content (AvgIpc) is 3.08. The van der Waals surface area contributed by atoms with E-state index in [2.05, 4.69) is 55.6 Å². The number of hydrogen-bond donors (Lipinski definition) is 4. The molecule has 0 aromatic carbocycles. The molecule has 0 heterocycles. The van der Waals surface area contributed by atoms with Gasteiger partial charge in [-0.05, 0) is 70.6 Å². The highest BCUT2D eigenvalue weighted by atomic mass is 16.3. The third kappa shape index (κ3) is 34.2. The zero-order valence-corrected chi connectivity index (χ0v) is 31.6. The molecule has 3 atom stereocenters. The molecule has 48 heavy (non-hydrogen) atoms. The van der Waals surface area contributed by atoms with Gasteiger partial charge in [0, 0.05) is 0 Å². The van der Waals surface area contributed by atoms with E-state index >= 15 is 0 Å². The van der Waals surface area contributed by atoms with Crippen LogP contribution in [0.5, 0.6) is 0 Å². The molecule has 0 bridgehead atoms. The predicted octanol–water partition coefficient (Wildman–Crippen LogP) is 11.4. The Morgan fingerprint density at radius 3 is 1.33 bits per heavy atom. The van der Waals surface area contributed by atoms with Crippen LogP contribution in [0.4, 0.5) is 0 Å². The maximum atomic E-state index is 12.4. The number of unbranched alkanes of at least 4 members (excludes halogenated alkanes) is 21. The molecule has 0 aromatic rings. The van der Waals surface area contributed by atoms with Crippen molar-refractivity contribution in [1.82, 2.24) is 5.32 Å². The number of hydrogen-bond acceptors (Lipinski definition) is 4. The highest BCUT2D eigenvalue weighted by molar-refractivity contribution is 5.76. The van der Waals surface area contributed by atoms with Crippen molar-refractivity contribution in [2.45, 2.75) is 212 Å². The number of carbonyl (C=O) groups is 1. The Labute approximate surface area is 297 Å². The van der Waals surface area contributed by atoms with E-state index < -0.39 is 18.2 Å². The Morgan fingerprint density at radius 1 is 0.521 bits per heavy atom. The quantitative estimate of drug-likeness (QED) is 0.0393. The molecule has 5 nitrogen and oxygen atoms in total. The second-order valence-corrected chi connectivity index (χ2v) is 13.9.